The van der Waals surface area contributed by atoms with Gasteiger partial charge in [0.1, 0.15) is 0 Å². The first-order chi connectivity index (χ1) is 13.0. The van der Waals surface area contributed by atoms with Crippen molar-refractivity contribution in [3.05, 3.63) is 35.0 Å². The van der Waals surface area contributed by atoms with Crippen molar-refractivity contribution in [2.75, 3.05) is 40.5 Å². The molecule has 1 aromatic rings. The van der Waals surface area contributed by atoms with Gasteiger partial charge in [-0.05, 0) is 38.6 Å². The van der Waals surface area contributed by atoms with E-state index in [1.807, 2.05) is 37.1 Å². The number of methoxy groups -OCH3 is 1. The highest BCUT2D eigenvalue weighted by atomic mass is 16.5. The molecular weight excluding hydrogens is 350 g/mol. The molecule has 1 heterocycles. The fraction of sp³-hybridized carbons (Fsp3) is 0.474. The second-order valence-corrected chi connectivity index (χ2v) is 6.08. The third-order valence-electron chi connectivity index (χ3n) is 3.98. The molecular formula is C19H27N3O5. The summed E-state index contributed by atoms with van der Waals surface area (Å²) < 4.78 is 16.0. The number of amides is 2. The van der Waals surface area contributed by atoms with Gasteiger partial charge in [-0.15, -0.1) is 0 Å². The molecule has 1 aromatic carbocycles. The van der Waals surface area contributed by atoms with Crippen LogP contribution in [-0.2, 0) is 16.1 Å². The topological polar surface area (TPSA) is 89.1 Å². The summed E-state index contributed by atoms with van der Waals surface area (Å²) in [7, 11) is 3.51. The van der Waals surface area contributed by atoms with E-state index in [4.69, 9.17) is 14.2 Å². The molecule has 0 bridgehead atoms. The second-order valence-electron chi connectivity index (χ2n) is 6.08. The van der Waals surface area contributed by atoms with Crippen molar-refractivity contribution in [2.24, 2.45) is 0 Å². The summed E-state index contributed by atoms with van der Waals surface area (Å²) in [4.78, 5) is 25.8. The average molecular weight is 377 g/mol. The zero-order valence-electron chi connectivity index (χ0n) is 16.3. The van der Waals surface area contributed by atoms with Gasteiger partial charge in [0.25, 0.3) is 0 Å². The van der Waals surface area contributed by atoms with E-state index >= 15 is 0 Å². The van der Waals surface area contributed by atoms with Crippen LogP contribution in [-0.4, -0.2) is 57.4 Å². The number of esters is 1. The average Bonchev–Trinajstić information content (AvgIpc) is 2.63. The maximum atomic E-state index is 12.1. The molecule has 8 nitrogen and oxygen atoms in total. The summed E-state index contributed by atoms with van der Waals surface area (Å²) in [5, 5.41) is 5.31. The van der Waals surface area contributed by atoms with Crippen molar-refractivity contribution in [1.29, 1.82) is 0 Å². The summed E-state index contributed by atoms with van der Waals surface area (Å²) in [6.07, 6.45) is 0. The highest BCUT2D eigenvalue weighted by Crippen LogP contribution is 2.28. The number of ether oxygens (including phenoxy) is 3. The van der Waals surface area contributed by atoms with Crippen molar-refractivity contribution in [2.45, 2.75) is 20.4 Å². The summed E-state index contributed by atoms with van der Waals surface area (Å²) in [6.45, 7) is 5.68. The van der Waals surface area contributed by atoms with E-state index in [-0.39, 0.29) is 19.2 Å². The predicted molar refractivity (Wildman–Crippen MR) is 101 cm³/mol. The lowest BCUT2D eigenvalue weighted by molar-refractivity contribution is -0.138. The second kappa shape index (κ2) is 9.82. The van der Waals surface area contributed by atoms with E-state index < -0.39 is 5.97 Å². The fourth-order valence-corrected chi connectivity index (χ4v) is 2.80. The maximum Gasteiger partial charge on any atom is 0.337 e. The summed E-state index contributed by atoms with van der Waals surface area (Å²) in [5.74, 6) is 0.949. The third-order valence-corrected chi connectivity index (χ3v) is 3.98. The molecule has 148 valence electrons. The smallest absolute Gasteiger partial charge is 0.337 e. The van der Waals surface area contributed by atoms with Crippen LogP contribution in [0.4, 0.5) is 4.79 Å². The molecule has 0 radical (unpaired) electrons. The number of nitrogens with one attached hydrogen (secondary N) is 2. The summed E-state index contributed by atoms with van der Waals surface area (Å²) >= 11 is 0. The molecule has 0 aliphatic carbocycles. The van der Waals surface area contributed by atoms with Gasteiger partial charge in [0.05, 0.1) is 32.4 Å². The molecule has 0 aromatic heterocycles. The highest BCUT2D eigenvalue weighted by molar-refractivity contribution is 5.93. The van der Waals surface area contributed by atoms with Gasteiger partial charge in [0.15, 0.2) is 11.5 Å². The molecule has 0 spiro atoms. The van der Waals surface area contributed by atoms with E-state index in [9.17, 15) is 9.59 Å². The number of rotatable bonds is 9. The van der Waals surface area contributed by atoms with E-state index in [0.717, 1.165) is 5.56 Å². The van der Waals surface area contributed by atoms with Crippen molar-refractivity contribution in [3.8, 4) is 11.5 Å². The van der Waals surface area contributed by atoms with Gasteiger partial charge in [-0.1, -0.05) is 6.07 Å². The Hall–Kier alpha value is -2.74. The Morgan fingerprint density at radius 1 is 1.19 bits per heavy atom. The highest BCUT2D eigenvalue weighted by Gasteiger charge is 2.24. The van der Waals surface area contributed by atoms with E-state index in [0.29, 0.717) is 42.5 Å². The lowest BCUT2D eigenvalue weighted by Crippen LogP contribution is -2.46. The van der Waals surface area contributed by atoms with Gasteiger partial charge < -0.3 is 24.8 Å². The lowest BCUT2D eigenvalue weighted by atomic mass is 10.1. The Kier molecular flexibility index (Phi) is 7.48. The first kappa shape index (κ1) is 20.6. The molecule has 0 fully saturated rings. The van der Waals surface area contributed by atoms with Crippen molar-refractivity contribution in [3.63, 3.8) is 0 Å². The van der Waals surface area contributed by atoms with E-state index in [1.165, 1.54) is 0 Å². The Bertz CT molecular complexity index is 717. The van der Waals surface area contributed by atoms with Crippen molar-refractivity contribution >= 4 is 12.0 Å². The Labute approximate surface area is 159 Å². The number of carbonyl (C=O) groups is 2. The van der Waals surface area contributed by atoms with Crippen LogP contribution in [0.2, 0.25) is 0 Å². The molecule has 2 N–H and O–H groups in total. The zero-order valence-corrected chi connectivity index (χ0v) is 16.3. The van der Waals surface area contributed by atoms with E-state index in [2.05, 4.69) is 10.6 Å². The lowest BCUT2D eigenvalue weighted by Gasteiger charge is -2.25. The predicted octanol–water partition coefficient (Wildman–Crippen LogP) is 1.66. The zero-order chi connectivity index (χ0) is 19.8. The molecule has 27 heavy (non-hydrogen) atoms. The van der Waals surface area contributed by atoms with Crippen LogP contribution in [0.15, 0.2) is 29.5 Å². The number of likely N-dealkylation sites (N-methyl/N-ethyl adjacent to an activating group) is 1. The van der Waals surface area contributed by atoms with Gasteiger partial charge >= 0.3 is 12.0 Å². The monoisotopic (exact) mass is 377 g/mol. The molecule has 0 atom stereocenters. The third kappa shape index (κ3) is 5.62. The summed E-state index contributed by atoms with van der Waals surface area (Å²) in [5.41, 5.74) is 2.02. The number of urea groups is 1. The van der Waals surface area contributed by atoms with Gasteiger partial charge in [-0.25, -0.2) is 9.59 Å². The van der Waals surface area contributed by atoms with E-state index in [1.54, 1.807) is 14.0 Å². The number of carbonyl (C=O) groups excluding carboxylic acids is 2. The number of benzene rings is 1. The van der Waals surface area contributed by atoms with Crippen LogP contribution in [0.25, 0.3) is 0 Å². The number of hydrogen-bond acceptors (Lipinski definition) is 6. The molecule has 8 heteroatoms. The molecule has 1 aliphatic heterocycles. The minimum absolute atomic E-state index is 0.157. The minimum atomic E-state index is -0.420. The Balaban J connectivity index is 2.11. The van der Waals surface area contributed by atoms with Crippen molar-refractivity contribution in [1.82, 2.24) is 15.5 Å². The first-order valence-electron chi connectivity index (χ1n) is 8.90. The molecule has 1 aliphatic rings. The molecule has 0 saturated heterocycles. The Morgan fingerprint density at radius 2 is 1.96 bits per heavy atom. The van der Waals surface area contributed by atoms with Gasteiger partial charge in [-0.3, -0.25) is 4.90 Å². The van der Waals surface area contributed by atoms with Crippen LogP contribution < -0.4 is 20.1 Å². The molecule has 0 saturated carbocycles. The molecule has 2 rings (SSSR count). The van der Waals surface area contributed by atoms with Gasteiger partial charge in [0.2, 0.25) is 0 Å². The van der Waals surface area contributed by atoms with Gasteiger partial charge in [0, 0.05) is 18.8 Å². The van der Waals surface area contributed by atoms with Gasteiger partial charge in [-0.2, -0.15) is 0 Å². The van der Waals surface area contributed by atoms with Crippen LogP contribution >= 0.6 is 0 Å². The largest absolute Gasteiger partial charge is 0.493 e. The standard InChI is InChI=1S/C19H27N3O5/c1-5-26-16-8-7-13(9-17(16)25-4)11-22(3)12-15-14(18(23)27-6-2)10-20-19(24)21-15/h7-9H,5-6,10-12H2,1-4H3,(H2,20,21,24). The fourth-order valence-electron chi connectivity index (χ4n) is 2.80. The van der Waals surface area contributed by atoms with Crippen LogP contribution in [0.5, 0.6) is 11.5 Å². The first-order valence-corrected chi connectivity index (χ1v) is 8.90. The quantitative estimate of drug-likeness (QED) is 0.636. The maximum absolute atomic E-state index is 12.1. The SMILES string of the molecule is CCOC(=O)C1=C(CN(C)Cc2ccc(OCC)c(OC)c2)NC(=O)NC1. The number of nitrogens with zero attached hydrogens (tertiary/aromatic N) is 1. The Morgan fingerprint density at radius 3 is 2.63 bits per heavy atom. The molecule has 0 unspecified atom stereocenters. The molecule has 2 amide bonds. The normalized spacial score (nSPS) is 13.9. The van der Waals surface area contributed by atoms with Crippen LogP contribution in [0, 0.1) is 0 Å². The van der Waals surface area contributed by atoms with Crippen LogP contribution in [0.1, 0.15) is 19.4 Å². The number of hydrogen-bond donors (Lipinski definition) is 2. The summed E-state index contributed by atoms with van der Waals surface area (Å²) in [6, 6.07) is 5.44. The van der Waals surface area contributed by atoms with Crippen molar-refractivity contribution < 1.29 is 23.8 Å². The minimum Gasteiger partial charge on any atom is -0.493 e. The van der Waals surface area contributed by atoms with Crippen LogP contribution in [0.3, 0.4) is 0 Å².